The molecular weight excluding hydrogens is 168 g/mol. The Balaban J connectivity index is 2.29. The second kappa shape index (κ2) is 6.64. The average Bonchev–Trinajstić information content (AvgIpc) is 2.25. The summed E-state index contributed by atoms with van der Waals surface area (Å²) in [4.78, 5) is 0. The lowest BCUT2D eigenvalue weighted by molar-refractivity contribution is 0.667. The fourth-order valence-corrected chi connectivity index (χ4v) is 1.70. The minimum absolute atomic E-state index is 1.15. The molecule has 0 aliphatic heterocycles. The van der Waals surface area contributed by atoms with Crippen molar-refractivity contribution in [2.45, 2.75) is 52.4 Å². The van der Waals surface area contributed by atoms with Gasteiger partial charge in [0.05, 0.1) is 0 Å². The van der Waals surface area contributed by atoms with E-state index in [1.807, 2.05) is 0 Å². The molecule has 0 heterocycles. The van der Waals surface area contributed by atoms with Gasteiger partial charge in [0.2, 0.25) is 0 Å². The number of benzene rings is 1. The number of hydrogen-bond donors (Lipinski definition) is 0. The van der Waals surface area contributed by atoms with E-state index in [1.165, 1.54) is 43.2 Å². The molecule has 0 aliphatic rings. The van der Waals surface area contributed by atoms with Crippen molar-refractivity contribution in [2.24, 2.45) is 0 Å². The summed E-state index contributed by atoms with van der Waals surface area (Å²) < 4.78 is 0. The largest absolute Gasteiger partial charge is 0.0654 e. The first kappa shape index (κ1) is 11.3. The number of unbranched alkanes of at least 4 members (excludes halogenated alkanes) is 3. The summed E-state index contributed by atoms with van der Waals surface area (Å²) in [5, 5.41) is 0. The number of rotatable bonds is 6. The molecule has 0 bridgehead atoms. The maximum atomic E-state index is 2.28. The van der Waals surface area contributed by atoms with Gasteiger partial charge in [0, 0.05) is 0 Å². The molecule has 1 aromatic rings. The standard InChI is InChI=1S/C14H22/c1-3-5-6-7-8-14-11-9-13(4-2)10-12-14/h9-12H,3-8H2,1-2H3. The molecule has 0 amide bonds. The first-order valence-electron chi connectivity index (χ1n) is 5.94. The van der Waals surface area contributed by atoms with Gasteiger partial charge in [-0.15, -0.1) is 0 Å². The van der Waals surface area contributed by atoms with Crippen LogP contribution < -0.4 is 0 Å². The first-order valence-corrected chi connectivity index (χ1v) is 5.94. The zero-order valence-electron chi connectivity index (χ0n) is 9.55. The topological polar surface area (TPSA) is 0 Å². The van der Waals surface area contributed by atoms with Gasteiger partial charge in [0.15, 0.2) is 0 Å². The third-order valence-corrected chi connectivity index (χ3v) is 2.75. The van der Waals surface area contributed by atoms with E-state index in [0.717, 1.165) is 6.42 Å². The Kier molecular flexibility index (Phi) is 5.36. The van der Waals surface area contributed by atoms with E-state index >= 15 is 0 Å². The summed E-state index contributed by atoms with van der Waals surface area (Å²) in [7, 11) is 0. The van der Waals surface area contributed by atoms with Gasteiger partial charge < -0.3 is 0 Å². The Morgan fingerprint density at radius 2 is 1.43 bits per heavy atom. The van der Waals surface area contributed by atoms with Crippen molar-refractivity contribution in [1.29, 1.82) is 0 Å². The summed E-state index contributed by atoms with van der Waals surface area (Å²) in [6.07, 6.45) is 7.84. The van der Waals surface area contributed by atoms with Crippen LogP contribution in [-0.4, -0.2) is 0 Å². The molecule has 78 valence electrons. The lowest BCUT2D eigenvalue weighted by Gasteiger charge is -2.02. The van der Waals surface area contributed by atoms with Crippen molar-refractivity contribution in [3.8, 4) is 0 Å². The molecule has 0 saturated carbocycles. The Hall–Kier alpha value is -0.780. The van der Waals surface area contributed by atoms with Crippen molar-refractivity contribution in [1.82, 2.24) is 0 Å². The Morgan fingerprint density at radius 3 is 2.00 bits per heavy atom. The molecule has 0 spiro atoms. The highest BCUT2D eigenvalue weighted by molar-refractivity contribution is 5.22. The quantitative estimate of drug-likeness (QED) is 0.584. The summed E-state index contributed by atoms with van der Waals surface area (Å²) in [5.41, 5.74) is 2.95. The van der Waals surface area contributed by atoms with Crippen molar-refractivity contribution in [3.63, 3.8) is 0 Å². The molecule has 0 aromatic heterocycles. The Labute approximate surface area is 88.4 Å². The van der Waals surface area contributed by atoms with E-state index in [2.05, 4.69) is 38.1 Å². The van der Waals surface area contributed by atoms with Gasteiger partial charge >= 0.3 is 0 Å². The zero-order chi connectivity index (χ0) is 10.2. The molecule has 0 radical (unpaired) electrons. The van der Waals surface area contributed by atoms with Crippen molar-refractivity contribution >= 4 is 0 Å². The molecule has 0 aliphatic carbocycles. The van der Waals surface area contributed by atoms with Gasteiger partial charge in [0.1, 0.15) is 0 Å². The van der Waals surface area contributed by atoms with Crippen LogP contribution in [0.15, 0.2) is 24.3 Å². The van der Waals surface area contributed by atoms with E-state index in [-0.39, 0.29) is 0 Å². The third-order valence-electron chi connectivity index (χ3n) is 2.75. The maximum absolute atomic E-state index is 2.28. The van der Waals surface area contributed by atoms with Crippen molar-refractivity contribution < 1.29 is 0 Å². The average molecular weight is 190 g/mol. The molecule has 1 rings (SSSR count). The van der Waals surface area contributed by atoms with E-state index in [1.54, 1.807) is 0 Å². The fourth-order valence-electron chi connectivity index (χ4n) is 1.70. The lowest BCUT2D eigenvalue weighted by Crippen LogP contribution is -1.87. The predicted molar refractivity (Wildman–Crippen MR) is 63.7 cm³/mol. The van der Waals surface area contributed by atoms with Crippen LogP contribution in [0.1, 0.15) is 50.7 Å². The molecule has 0 unspecified atom stereocenters. The van der Waals surface area contributed by atoms with Crippen molar-refractivity contribution in [3.05, 3.63) is 35.4 Å². The molecule has 14 heavy (non-hydrogen) atoms. The van der Waals surface area contributed by atoms with E-state index in [9.17, 15) is 0 Å². The molecule has 0 nitrogen and oxygen atoms in total. The van der Waals surface area contributed by atoms with Crippen LogP contribution in [0.5, 0.6) is 0 Å². The number of hydrogen-bond acceptors (Lipinski definition) is 0. The second-order valence-corrected chi connectivity index (χ2v) is 3.98. The third kappa shape index (κ3) is 3.95. The molecule has 0 saturated heterocycles. The molecule has 0 fully saturated rings. The van der Waals surface area contributed by atoms with Gasteiger partial charge in [-0.1, -0.05) is 57.4 Å². The second-order valence-electron chi connectivity index (χ2n) is 3.98. The van der Waals surface area contributed by atoms with Crippen LogP contribution in [-0.2, 0) is 12.8 Å². The SMILES string of the molecule is CCCCCCc1ccc(CC)cc1. The molecule has 0 N–H and O–H groups in total. The van der Waals surface area contributed by atoms with Crippen LogP contribution in [0.3, 0.4) is 0 Å². The molecular formula is C14H22. The van der Waals surface area contributed by atoms with E-state index < -0.39 is 0 Å². The normalized spacial score (nSPS) is 10.4. The lowest BCUT2D eigenvalue weighted by atomic mass is 10.0. The van der Waals surface area contributed by atoms with Crippen LogP contribution in [0, 0.1) is 0 Å². The van der Waals surface area contributed by atoms with Crippen LogP contribution in [0.4, 0.5) is 0 Å². The predicted octanol–water partition coefficient (Wildman–Crippen LogP) is 4.37. The summed E-state index contributed by atoms with van der Waals surface area (Å²) in [6.45, 7) is 4.46. The molecule has 1 aromatic carbocycles. The van der Waals surface area contributed by atoms with Crippen molar-refractivity contribution in [2.75, 3.05) is 0 Å². The van der Waals surface area contributed by atoms with Gasteiger partial charge in [-0.2, -0.15) is 0 Å². The highest BCUT2D eigenvalue weighted by Gasteiger charge is 1.93. The minimum Gasteiger partial charge on any atom is -0.0654 e. The Bertz CT molecular complexity index is 233. The summed E-state index contributed by atoms with van der Waals surface area (Å²) >= 11 is 0. The molecule has 0 atom stereocenters. The van der Waals surface area contributed by atoms with Gasteiger partial charge in [0.25, 0.3) is 0 Å². The maximum Gasteiger partial charge on any atom is -0.0279 e. The van der Waals surface area contributed by atoms with E-state index in [4.69, 9.17) is 0 Å². The van der Waals surface area contributed by atoms with Gasteiger partial charge in [-0.05, 0) is 30.4 Å². The number of aryl methyl sites for hydroxylation is 2. The minimum atomic E-state index is 1.15. The van der Waals surface area contributed by atoms with E-state index in [0.29, 0.717) is 0 Å². The van der Waals surface area contributed by atoms with Crippen LogP contribution in [0.2, 0.25) is 0 Å². The molecule has 0 heteroatoms. The van der Waals surface area contributed by atoms with Crippen LogP contribution in [0.25, 0.3) is 0 Å². The first-order chi connectivity index (χ1) is 6.86. The summed E-state index contributed by atoms with van der Waals surface area (Å²) in [6, 6.07) is 9.08. The Morgan fingerprint density at radius 1 is 0.786 bits per heavy atom. The highest BCUT2D eigenvalue weighted by Crippen LogP contribution is 2.09. The zero-order valence-corrected chi connectivity index (χ0v) is 9.55. The van der Waals surface area contributed by atoms with Gasteiger partial charge in [-0.25, -0.2) is 0 Å². The fraction of sp³-hybridized carbons (Fsp3) is 0.571. The highest BCUT2D eigenvalue weighted by atomic mass is 14.0. The monoisotopic (exact) mass is 190 g/mol. The summed E-state index contributed by atoms with van der Waals surface area (Å²) in [5.74, 6) is 0. The van der Waals surface area contributed by atoms with Gasteiger partial charge in [-0.3, -0.25) is 0 Å². The smallest absolute Gasteiger partial charge is 0.0279 e. The van der Waals surface area contributed by atoms with Crippen LogP contribution >= 0.6 is 0 Å².